The van der Waals surface area contributed by atoms with Crippen LogP contribution in [0.3, 0.4) is 0 Å². The second-order valence-corrected chi connectivity index (χ2v) is 5.30. The van der Waals surface area contributed by atoms with E-state index in [4.69, 9.17) is 0 Å². The number of nitrogens with one attached hydrogen (secondary N) is 1. The Bertz CT molecular complexity index is 400. The highest BCUT2D eigenvalue weighted by molar-refractivity contribution is 5.57. The Morgan fingerprint density at radius 2 is 2.00 bits per heavy atom. The smallest absolute Gasteiger partial charge is 0.118 e. The number of aryl methyl sites for hydroxylation is 2. The van der Waals surface area contributed by atoms with Crippen molar-refractivity contribution >= 4 is 5.69 Å². The van der Waals surface area contributed by atoms with Crippen molar-refractivity contribution in [2.24, 2.45) is 5.92 Å². The molecule has 2 atom stereocenters. The van der Waals surface area contributed by atoms with E-state index in [0.717, 1.165) is 17.0 Å². The summed E-state index contributed by atoms with van der Waals surface area (Å²) in [7, 11) is 0. The summed E-state index contributed by atoms with van der Waals surface area (Å²) in [6.45, 7) is 6.28. The van der Waals surface area contributed by atoms with Crippen LogP contribution in [-0.4, -0.2) is 11.1 Å². The van der Waals surface area contributed by atoms with Crippen molar-refractivity contribution in [2.45, 2.75) is 52.5 Å². The van der Waals surface area contributed by atoms with Crippen LogP contribution in [0.1, 0.15) is 43.7 Å². The first-order valence-corrected chi connectivity index (χ1v) is 6.68. The number of rotatable bonds is 3. The third kappa shape index (κ3) is 2.56. The normalized spacial score (nSPS) is 23.9. The molecular formula is C15H23NO. The van der Waals surface area contributed by atoms with E-state index in [2.05, 4.69) is 25.2 Å². The fourth-order valence-corrected chi connectivity index (χ4v) is 2.87. The maximum Gasteiger partial charge on any atom is 0.118 e. The summed E-state index contributed by atoms with van der Waals surface area (Å²) in [5, 5.41) is 13.3. The standard InChI is InChI=1S/C15H23NO/c1-4-12-6-5-7-13(12)16-14-8-11(3)15(17)9-10(14)2/h8-9,12-13,16-17H,4-7H2,1-3H3. The van der Waals surface area contributed by atoms with E-state index < -0.39 is 0 Å². The van der Waals surface area contributed by atoms with E-state index in [9.17, 15) is 5.11 Å². The molecule has 1 aliphatic carbocycles. The number of benzene rings is 1. The largest absolute Gasteiger partial charge is 0.508 e. The molecule has 0 aliphatic heterocycles. The van der Waals surface area contributed by atoms with Crippen LogP contribution < -0.4 is 5.32 Å². The minimum Gasteiger partial charge on any atom is -0.508 e. The Balaban J connectivity index is 2.15. The van der Waals surface area contributed by atoms with Crippen molar-refractivity contribution in [3.05, 3.63) is 23.3 Å². The minimum absolute atomic E-state index is 0.395. The van der Waals surface area contributed by atoms with Crippen LogP contribution in [0.4, 0.5) is 5.69 Å². The maximum atomic E-state index is 9.66. The summed E-state index contributed by atoms with van der Waals surface area (Å²) < 4.78 is 0. The van der Waals surface area contributed by atoms with Crippen LogP contribution in [0.5, 0.6) is 5.75 Å². The van der Waals surface area contributed by atoms with E-state index >= 15 is 0 Å². The van der Waals surface area contributed by atoms with Gasteiger partial charge < -0.3 is 10.4 Å². The lowest BCUT2D eigenvalue weighted by molar-refractivity contribution is 0.470. The molecule has 2 unspecified atom stereocenters. The number of phenols is 1. The molecule has 0 saturated heterocycles. The lowest BCUT2D eigenvalue weighted by Crippen LogP contribution is -2.23. The Labute approximate surface area is 104 Å². The van der Waals surface area contributed by atoms with Gasteiger partial charge in [-0.2, -0.15) is 0 Å². The number of hydrogen-bond donors (Lipinski definition) is 2. The fraction of sp³-hybridized carbons (Fsp3) is 0.600. The van der Waals surface area contributed by atoms with E-state index in [1.54, 1.807) is 0 Å². The molecule has 1 saturated carbocycles. The average Bonchev–Trinajstić information content (AvgIpc) is 2.73. The highest BCUT2D eigenvalue weighted by Gasteiger charge is 2.25. The van der Waals surface area contributed by atoms with Gasteiger partial charge in [0.1, 0.15) is 5.75 Å². The lowest BCUT2D eigenvalue weighted by atomic mass is 9.99. The molecule has 1 aromatic carbocycles. The Morgan fingerprint density at radius 1 is 1.24 bits per heavy atom. The van der Waals surface area contributed by atoms with Gasteiger partial charge in [0.25, 0.3) is 0 Å². The quantitative estimate of drug-likeness (QED) is 0.773. The molecular weight excluding hydrogens is 210 g/mol. The van der Waals surface area contributed by atoms with Crippen LogP contribution in [0, 0.1) is 19.8 Å². The maximum absolute atomic E-state index is 9.66. The molecule has 0 bridgehead atoms. The van der Waals surface area contributed by atoms with Gasteiger partial charge in [-0.1, -0.05) is 19.8 Å². The van der Waals surface area contributed by atoms with Crippen molar-refractivity contribution in [2.75, 3.05) is 5.32 Å². The van der Waals surface area contributed by atoms with Crippen LogP contribution in [0.2, 0.25) is 0 Å². The van der Waals surface area contributed by atoms with E-state index in [1.165, 1.54) is 31.4 Å². The van der Waals surface area contributed by atoms with Gasteiger partial charge >= 0.3 is 0 Å². The molecule has 1 fully saturated rings. The first-order valence-electron chi connectivity index (χ1n) is 6.68. The zero-order valence-electron chi connectivity index (χ0n) is 11.1. The van der Waals surface area contributed by atoms with Gasteiger partial charge in [-0.25, -0.2) is 0 Å². The minimum atomic E-state index is 0.395. The first kappa shape index (κ1) is 12.3. The average molecular weight is 233 g/mol. The lowest BCUT2D eigenvalue weighted by Gasteiger charge is -2.22. The highest BCUT2D eigenvalue weighted by atomic mass is 16.3. The van der Waals surface area contributed by atoms with Crippen LogP contribution >= 0.6 is 0 Å². The summed E-state index contributed by atoms with van der Waals surface area (Å²) in [5.74, 6) is 1.20. The molecule has 2 N–H and O–H groups in total. The third-order valence-electron chi connectivity index (χ3n) is 4.07. The zero-order valence-corrected chi connectivity index (χ0v) is 11.1. The molecule has 17 heavy (non-hydrogen) atoms. The number of phenolic OH excluding ortho intramolecular Hbond substituents is 1. The van der Waals surface area contributed by atoms with Crippen molar-refractivity contribution in [3.8, 4) is 5.75 Å². The molecule has 0 amide bonds. The van der Waals surface area contributed by atoms with Crippen molar-refractivity contribution < 1.29 is 5.11 Å². The molecule has 0 spiro atoms. The predicted molar refractivity (Wildman–Crippen MR) is 72.6 cm³/mol. The molecule has 1 aromatic rings. The van der Waals surface area contributed by atoms with E-state index in [-0.39, 0.29) is 0 Å². The van der Waals surface area contributed by atoms with E-state index in [0.29, 0.717) is 11.8 Å². The molecule has 94 valence electrons. The number of aromatic hydroxyl groups is 1. The number of anilines is 1. The van der Waals surface area contributed by atoms with Gasteiger partial charge in [-0.05, 0) is 55.9 Å². The Kier molecular flexibility index (Phi) is 3.60. The fourth-order valence-electron chi connectivity index (χ4n) is 2.87. The number of hydrogen-bond acceptors (Lipinski definition) is 2. The first-order chi connectivity index (χ1) is 8.11. The van der Waals surface area contributed by atoms with Crippen LogP contribution in [0.25, 0.3) is 0 Å². The van der Waals surface area contributed by atoms with Gasteiger partial charge in [0, 0.05) is 11.7 Å². The monoisotopic (exact) mass is 233 g/mol. The van der Waals surface area contributed by atoms with Crippen LogP contribution in [-0.2, 0) is 0 Å². The molecule has 2 nitrogen and oxygen atoms in total. The molecule has 1 aliphatic rings. The summed E-state index contributed by atoms with van der Waals surface area (Å²) >= 11 is 0. The summed E-state index contributed by atoms with van der Waals surface area (Å²) in [6, 6.07) is 4.53. The topological polar surface area (TPSA) is 32.3 Å². The van der Waals surface area contributed by atoms with Gasteiger partial charge in [0.15, 0.2) is 0 Å². The predicted octanol–water partition coefficient (Wildman–Crippen LogP) is 4.00. The molecule has 0 heterocycles. The molecule has 0 aromatic heterocycles. The molecule has 2 rings (SSSR count). The Morgan fingerprint density at radius 3 is 2.71 bits per heavy atom. The van der Waals surface area contributed by atoms with Crippen molar-refractivity contribution in [3.63, 3.8) is 0 Å². The second-order valence-electron chi connectivity index (χ2n) is 5.30. The third-order valence-corrected chi connectivity index (χ3v) is 4.07. The Hall–Kier alpha value is -1.18. The van der Waals surface area contributed by atoms with Crippen molar-refractivity contribution in [1.29, 1.82) is 0 Å². The molecule has 2 heteroatoms. The summed E-state index contributed by atoms with van der Waals surface area (Å²) in [5.41, 5.74) is 3.27. The zero-order chi connectivity index (χ0) is 12.4. The van der Waals surface area contributed by atoms with Gasteiger partial charge in [-0.15, -0.1) is 0 Å². The molecule has 0 radical (unpaired) electrons. The summed E-state index contributed by atoms with van der Waals surface area (Å²) in [6.07, 6.45) is 5.22. The van der Waals surface area contributed by atoms with Crippen molar-refractivity contribution in [1.82, 2.24) is 0 Å². The highest BCUT2D eigenvalue weighted by Crippen LogP contribution is 2.33. The summed E-state index contributed by atoms with van der Waals surface area (Å²) in [4.78, 5) is 0. The van der Waals surface area contributed by atoms with Gasteiger partial charge in [0.05, 0.1) is 0 Å². The van der Waals surface area contributed by atoms with E-state index in [1.807, 2.05) is 13.0 Å². The van der Waals surface area contributed by atoms with Crippen LogP contribution in [0.15, 0.2) is 12.1 Å². The van der Waals surface area contributed by atoms with Gasteiger partial charge in [-0.3, -0.25) is 0 Å². The SMILES string of the molecule is CCC1CCCC1Nc1cc(C)c(O)cc1C. The van der Waals surface area contributed by atoms with Gasteiger partial charge in [0.2, 0.25) is 0 Å². The second kappa shape index (κ2) is 4.99.